The molecule has 0 aliphatic carbocycles. The van der Waals surface area contributed by atoms with E-state index < -0.39 is 28.5 Å². The van der Waals surface area contributed by atoms with Crippen molar-refractivity contribution in [1.29, 1.82) is 0 Å². The average Bonchev–Trinajstić information content (AvgIpc) is 3.03. The van der Waals surface area contributed by atoms with E-state index in [4.69, 9.17) is 34.8 Å². The monoisotopic (exact) mass is 699 g/mol. The molecule has 2 amide bonds. The number of aryl methyl sites for hydroxylation is 1. The third-order valence-corrected chi connectivity index (χ3v) is 10.1. The third kappa shape index (κ3) is 9.26. The molecule has 0 heterocycles. The molecule has 242 valence electrons. The lowest BCUT2D eigenvalue weighted by atomic mass is 10.0. The van der Waals surface area contributed by atoms with Crippen LogP contribution in [-0.2, 0) is 32.6 Å². The number of amides is 2. The smallest absolute Gasteiger partial charge is 0.264 e. The summed E-state index contributed by atoms with van der Waals surface area (Å²) in [6.45, 7) is 3.63. The number of unbranched alkanes of at least 4 members (excludes halogenated alkanes) is 1. The fourth-order valence-electron chi connectivity index (χ4n) is 4.89. The van der Waals surface area contributed by atoms with Gasteiger partial charge in [0.1, 0.15) is 12.6 Å². The number of carbonyl (C=O) groups excluding carboxylic acids is 2. The summed E-state index contributed by atoms with van der Waals surface area (Å²) in [5.41, 5.74) is 2.47. The first-order chi connectivity index (χ1) is 22.0. The second kappa shape index (κ2) is 16.3. The Morgan fingerprint density at radius 2 is 1.54 bits per heavy atom. The molecule has 0 aliphatic rings. The lowest BCUT2D eigenvalue weighted by molar-refractivity contribution is -0.140. The normalized spacial score (nSPS) is 11.9. The summed E-state index contributed by atoms with van der Waals surface area (Å²) in [5, 5.41) is 4.00. The number of benzene rings is 4. The molecule has 0 saturated heterocycles. The van der Waals surface area contributed by atoms with Gasteiger partial charge in [-0.2, -0.15) is 0 Å². The SMILES string of the molecule is CCCCNC(=O)[C@H](Cc1ccccc1)N(Cc1ccc(Cl)cc1Cl)C(=O)CN(c1cccc(Cl)c1)S(=O)(=O)c1ccc(C)cc1. The Hall–Kier alpha value is -3.56. The molecule has 0 radical (unpaired) electrons. The summed E-state index contributed by atoms with van der Waals surface area (Å²) in [7, 11) is -4.24. The highest BCUT2D eigenvalue weighted by Crippen LogP contribution is 2.28. The van der Waals surface area contributed by atoms with Crippen molar-refractivity contribution < 1.29 is 18.0 Å². The summed E-state index contributed by atoms with van der Waals surface area (Å²) in [5.74, 6) is -0.959. The summed E-state index contributed by atoms with van der Waals surface area (Å²) >= 11 is 19.0. The van der Waals surface area contributed by atoms with Crippen LogP contribution in [0.15, 0.2) is 102 Å². The molecular formula is C35H36Cl3N3O4S. The second-order valence-corrected chi connectivity index (χ2v) is 14.1. The van der Waals surface area contributed by atoms with E-state index in [9.17, 15) is 18.0 Å². The van der Waals surface area contributed by atoms with E-state index in [2.05, 4.69) is 5.32 Å². The fraction of sp³-hybridized carbons (Fsp3) is 0.257. The first kappa shape index (κ1) is 35.3. The van der Waals surface area contributed by atoms with Crippen molar-refractivity contribution >= 4 is 62.3 Å². The molecule has 0 unspecified atom stereocenters. The third-order valence-electron chi connectivity index (χ3n) is 7.44. The van der Waals surface area contributed by atoms with E-state index in [0.29, 0.717) is 27.2 Å². The molecule has 1 atom stereocenters. The maximum atomic E-state index is 14.5. The highest BCUT2D eigenvalue weighted by Gasteiger charge is 2.35. The first-order valence-electron chi connectivity index (χ1n) is 14.9. The van der Waals surface area contributed by atoms with Gasteiger partial charge in [-0.05, 0) is 66.9 Å². The summed E-state index contributed by atoms with van der Waals surface area (Å²) in [6, 6.07) is 25.9. The van der Waals surface area contributed by atoms with Crippen molar-refractivity contribution in [2.24, 2.45) is 0 Å². The van der Waals surface area contributed by atoms with Crippen molar-refractivity contribution in [3.8, 4) is 0 Å². The Kier molecular flexibility index (Phi) is 12.5. The van der Waals surface area contributed by atoms with Crippen molar-refractivity contribution in [2.75, 3.05) is 17.4 Å². The van der Waals surface area contributed by atoms with Crippen LogP contribution in [0.2, 0.25) is 15.1 Å². The Morgan fingerprint density at radius 1 is 0.848 bits per heavy atom. The van der Waals surface area contributed by atoms with Gasteiger partial charge in [0.05, 0.1) is 10.6 Å². The number of rotatable bonds is 14. The number of nitrogens with zero attached hydrogens (tertiary/aromatic N) is 2. The van der Waals surface area contributed by atoms with Gasteiger partial charge in [-0.1, -0.05) is 108 Å². The van der Waals surface area contributed by atoms with Gasteiger partial charge in [0.15, 0.2) is 0 Å². The highest BCUT2D eigenvalue weighted by molar-refractivity contribution is 7.92. The summed E-state index contributed by atoms with van der Waals surface area (Å²) in [6.07, 6.45) is 1.83. The maximum Gasteiger partial charge on any atom is 0.264 e. The van der Waals surface area contributed by atoms with Crippen LogP contribution >= 0.6 is 34.8 Å². The van der Waals surface area contributed by atoms with Crippen molar-refractivity contribution in [1.82, 2.24) is 10.2 Å². The molecule has 1 N–H and O–H groups in total. The first-order valence-corrected chi connectivity index (χ1v) is 17.5. The van der Waals surface area contributed by atoms with Gasteiger partial charge >= 0.3 is 0 Å². The van der Waals surface area contributed by atoms with Crippen LogP contribution in [-0.4, -0.2) is 44.3 Å². The van der Waals surface area contributed by atoms with Gasteiger partial charge < -0.3 is 10.2 Å². The largest absolute Gasteiger partial charge is 0.354 e. The Morgan fingerprint density at radius 3 is 2.20 bits per heavy atom. The van der Waals surface area contributed by atoms with Crippen LogP contribution in [0.4, 0.5) is 5.69 Å². The molecule has 11 heteroatoms. The number of carbonyl (C=O) groups is 2. The van der Waals surface area contributed by atoms with Crippen LogP contribution in [0.3, 0.4) is 0 Å². The zero-order chi connectivity index (χ0) is 33.3. The summed E-state index contributed by atoms with van der Waals surface area (Å²) in [4.78, 5) is 29.8. The van der Waals surface area contributed by atoms with Crippen molar-refractivity contribution in [3.63, 3.8) is 0 Å². The number of hydrogen-bond acceptors (Lipinski definition) is 4. The Balaban J connectivity index is 1.81. The molecule has 0 bridgehead atoms. The summed E-state index contributed by atoms with van der Waals surface area (Å²) < 4.78 is 29.3. The Labute approximate surface area is 286 Å². The second-order valence-electron chi connectivity index (χ2n) is 10.9. The zero-order valence-electron chi connectivity index (χ0n) is 25.6. The average molecular weight is 701 g/mol. The number of sulfonamides is 1. The molecule has 0 aliphatic heterocycles. The molecule has 0 saturated carbocycles. The number of halogens is 3. The van der Waals surface area contributed by atoms with Crippen LogP contribution in [0, 0.1) is 6.92 Å². The van der Waals surface area contributed by atoms with Crippen LogP contribution in [0.1, 0.15) is 36.5 Å². The maximum absolute atomic E-state index is 14.5. The number of nitrogens with one attached hydrogen (secondary N) is 1. The van der Waals surface area contributed by atoms with Gasteiger partial charge in [-0.25, -0.2) is 8.42 Å². The highest BCUT2D eigenvalue weighted by atomic mass is 35.5. The van der Waals surface area contributed by atoms with E-state index >= 15 is 0 Å². The topological polar surface area (TPSA) is 86.8 Å². The molecule has 4 rings (SSSR count). The molecule has 46 heavy (non-hydrogen) atoms. The van der Waals surface area contributed by atoms with Crippen LogP contribution < -0.4 is 9.62 Å². The Bertz CT molecular complexity index is 1750. The van der Waals surface area contributed by atoms with E-state index in [1.807, 2.05) is 44.2 Å². The van der Waals surface area contributed by atoms with Gasteiger partial charge in [0.25, 0.3) is 10.0 Å². The van der Waals surface area contributed by atoms with Gasteiger partial charge in [-0.15, -0.1) is 0 Å². The molecule has 0 spiro atoms. The molecule has 0 fully saturated rings. The van der Waals surface area contributed by atoms with E-state index in [-0.39, 0.29) is 29.5 Å². The quantitative estimate of drug-likeness (QED) is 0.137. The van der Waals surface area contributed by atoms with Gasteiger partial charge in [0, 0.05) is 34.6 Å². The minimum atomic E-state index is -4.24. The molecular weight excluding hydrogens is 665 g/mol. The molecule has 0 aromatic heterocycles. The van der Waals surface area contributed by atoms with Crippen molar-refractivity contribution in [2.45, 2.75) is 50.6 Å². The minimum Gasteiger partial charge on any atom is -0.354 e. The lowest BCUT2D eigenvalue weighted by Crippen LogP contribution is -2.53. The van der Waals surface area contributed by atoms with Gasteiger partial charge in [-0.3, -0.25) is 13.9 Å². The minimum absolute atomic E-state index is 0.0105. The molecule has 4 aromatic carbocycles. The van der Waals surface area contributed by atoms with E-state index in [0.717, 1.165) is 28.3 Å². The fourth-order valence-corrected chi connectivity index (χ4v) is 6.95. The predicted octanol–water partition coefficient (Wildman–Crippen LogP) is 7.71. The van der Waals surface area contributed by atoms with Crippen LogP contribution in [0.25, 0.3) is 0 Å². The van der Waals surface area contributed by atoms with E-state index in [1.165, 1.54) is 23.1 Å². The van der Waals surface area contributed by atoms with Gasteiger partial charge in [0.2, 0.25) is 11.8 Å². The predicted molar refractivity (Wildman–Crippen MR) is 186 cm³/mol. The van der Waals surface area contributed by atoms with Crippen LogP contribution in [0.5, 0.6) is 0 Å². The number of hydrogen-bond donors (Lipinski definition) is 1. The zero-order valence-corrected chi connectivity index (χ0v) is 28.7. The van der Waals surface area contributed by atoms with Crippen molar-refractivity contribution in [3.05, 3.63) is 129 Å². The standard InChI is InChI=1S/C35H36Cl3N3O4S/c1-3-4-19-39-35(43)33(20-26-9-6-5-7-10-26)40(23-27-15-16-29(37)22-32(27)38)34(42)24-41(30-12-8-11-28(36)21-30)46(44,45)31-17-13-25(2)14-18-31/h5-18,21-22,33H,3-4,19-20,23-24H2,1-2H3,(H,39,43)/t33-/m0/s1. The number of anilines is 1. The molecule has 4 aromatic rings. The van der Waals surface area contributed by atoms with E-state index in [1.54, 1.807) is 48.5 Å². The molecule has 7 nitrogen and oxygen atoms in total. The lowest BCUT2D eigenvalue weighted by Gasteiger charge is -2.34.